The molecule has 1 amide bonds. The van der Waals surface area contributed by atoms with E-state index in [0.717, 1.165) is 31.7 Å². The Bertz CT molecular complexity index is 439. The third-order valence-electron chi connectivity index (χ3n) is 3.99. The fraction of sp³-hybridized carbons (Fsp3) is 0.562. The molecule has 1 aliphatic heterocycles. The van der Waals surface area contributed by atoms with Gasteiger partial charge in [0.05, 0.1) is 6.61 Å². The number of benzene rings is 1. The lowest BCUT2D eigenvalue weighted by atomic mass is 9.91. The molecule has 2 N–H and O–H groups in total. The summed E-state index contributed by atoms with van der Waals surface area (Å²) >= 11 is 0. The van der Waals surface area contributed by atoms with Crippen LogP contribution in [0.3, 0.4) is 0 Å². The molecule has 4 heteroatoms. The quantitative estimate of drug-likeness (QED) is 0.891. The number of hydrogen-bond donors (Lipinski definition) is 1. The van der Waals surface area contributed by atoms with Crippen molar-refractivity contribution in [3.63, 3.8) is 0 Å². The topological polar surface area (TPSA) is 55.6 Å². The van der Waals surface area contributed by atoms with Gasteiger partial charge in [-0.05, 0) is 25.8 Å². The number of likely N-dealkylation sites (N-methyl/N-ethyl adjacent to an activating group) is 1. The van der Waals surface area contributed by atoms with Crippen molar-refractivity contribution in [3.8, 4) is 0 Å². The molecule has 1 aromatic rings. The molecule has 0 spiro atoms. The van der Waals surface area contributed by atoms with Crippen molar-refractivity contribution in [2.75, 3.05) is 26.3 Å². The van der Waals surface area contributed by atoms with Gasteiger partial charge in [-0.25, -0.2) is 0 Å². The molecule has 1 heterocycles. The number of nitrogens with two attached hydrogens (primary N) is 1. The molecule has 2 atom stereocenters. The molecule has 110 valence electrons. The van der Waals surface area contributed by atoms with E-state index in [1.54, 1.807) is 6.92 Å². The third-order valence-corrected chi connectivity index (χ3v) is 3.99. The molecule has 0 aliphatic carbocycles. The fourth-order valence-electron chi connectivity index (χ4n) is 2.63. The number of carbonyl (C=O) groups is 1. The summed E-state index contributed by atoms with van der Waals surface area (Å²) in [6.07, 6.45) is 1.02. The SMILES string of the molecule is CCN(CC1CCOC1)C(=O)C(C)(N)c1ccccc1. The van der Waals surface area contributed by atoms with Crippen molar-refractivity contribution in [3.05, 3.63) is 35.9 Å². The molecule has 0 bridgehead atoms. The van der Waals surface area contributed by atoms with E-state index in [1.165, 1.54) is 0 Å². The van der Waals surface area contributed by atoms with Crippen molar-refractivity contribution >= 4 is 5.91 Å². The summed E-state index contributed by atoms with van der Waals surface area (Å²) in [7, 11) is 0. The Morgan fingerprint density at radius 3 is 2.70 bits per heavy atom. The first kappa shape index (κ1) is 15.0. The van der Waals surface area contributed by atoms with Crippen LogP contribution in [0.1, 0.15) is 25.8 Å². The fourth-order valence-corrected chi connectivity index (χ4v) is 2.63. The van der Waals surface area contributed by atoms with Crippen LogP contribution in [0.5, 0.6) is 0 Å². The van der Waals surface area contributed by atoms with Gasteiger partial charge in [0, 0.05) is 25.6 Å². The van der Waals surface area contributed by atoms with Gasteiger partial charge in [0.25, 0.3) is 0 Å². The highest BCUT2D eigenvalue weighted by Gasteiger charge is 2.35. The molecule has 2 rings (SSSR count). The van der Waals surface area contributed by atoms with Crippen LogP contribution in [0.2, 0.25) is 0 Å². The molecular weight excluding hydrogens is 252 g/mol. The van der Waals surface area contributed by atoms with Gasteiger partial charge in [-0.15, -0.1) is 0 Å². The van der Waals surface area contributed by atoms with Gasteiger partial charge in [0.15, 0.2) is 0 Å². The predicted molar refractivity (Wildman–Crippen MR) is 79.2 cm³/mol. The van der Waals surface area contributed by atoms with Crippen LogP contribution < -0.4 is 5.73 Å². The van der Waals surface area contributed by atoms with Gasteiger partial charge in [-0.1, -0.05) is 30.3 Å². The Kier molecular flexibility index (Phi) is 4.78. The molecule has 4 nitrogen and oxygen atoms in total. The smallest absolute Gasteiger partial charge is 0.246 e. The highest BCUT2D eigenvalue weighted by atomic mass is 16.5. The first-order valence-corrected chi connectivity index (χ1v) is 7.27. The minimum atomic E-state index is -0.975. The maximum atomic E-state index is 12.7. The average Bonchev–Trinajstić information content (AvgIpc) is 2.98. The molecule has 2 unspecified atom stereocenters. The van der Waals surface area contributed by atoms with E-state index < -0.39 is 5.54 Å². The standard InChI is InChI=1S/C16H24N2O2/c1-3-18(11-13-9-10-20-12-13)15(19)16(2,17)14-7-5-4-6-8-14/h4-8,13H,3,9-12,17H2,1-2H3. The summed E-state index contributed by atoms with van der Waals surface area (Å²) in [5.41, 5.74) is 6.19. The van der Waals surface area contributed by atoms with Crippen LogP contribution in [0.15, 0.2) is 30.3 Å². The molecule has 1 saturated heterocycles. The Morgan fingerprint density at radius 2 is 2.15 bits per heavy atom. The zero-order valence-electron chi connectivity index (χ0n) is 12.3. The lowest BCUT2D eigenvalue weighted by molar-refractivity contribution is -0.137. The first-order valence-electron chi connectivity index (χ1n) is 7.27. The second-order valence-corrected chi connectivity index (χ2v) is 5.64. The predicted octanol–water partition coefficient (Wildman–Crippen LogP) is 1.75. The van der Waals surface area contributed by atoms with Crippen molar-refractivity contribution in [1.29, 1.82) is 0 Å². The normalized spacial score (nSPS) is 21.4. The van der Waals surface area contributed by atoms with Crippen LogP contribution in [0, 0.1) is 5.92 Å². The number of ether oxygens (including phenoxy) is 1. The minimum Gasteiger partial charge on any atom is -0.381 e. The summed E-state index contributed by atoms with van der Waals surface area (Å²) < 4.78 is 5.38. The van der Waals surface area contributed by atoms with E-state index in [2.05, 4.69) is 0 Å². The molecular formula is C16H24N2O2. The van der Waals surface area contributed by atoms with Crippen LogP contribution in [-0.2, 0) is 15.1 Å². The Hall–Kier alpha value is -1.39. The largest absolute Gasteiger partial charge is 0.381 e. The molecule has 20 heavy (non-hydrogen) atoms. The second-order valence-electron chi connectivity index (χ2n) is 5.64. The van der Waals surface area contributed by atoms with Crippen LogP contribution in [0.4, 0.5) is 0 Å². The first-order chi connectivity index (χ1) is 9.55. The second kappa shape index (κ2) is 6.37. The highest BCUT2D eigenvalue weighted by molar-refractivity contribution is 5.87. The van der Waals surface area contributed by atoms with E-state index in [1.807, 2.05) is 42.2 Å². The van der Waals surface area contributed by atoms with E-state index in [0.29, 0.717) is 12.5 Å². The molecule has 1 aliphatic rings. The van der Waals surface area contributed by atoms with Crippen LogP contribution in [-0.4, -0.2) is 37.1 Å². The number of nitrogens with zero attached hydrogens (tertiary/aromatic N) is 1. The summed E-state index contributed by atoms with van der Waals surface area (Å²) in [6, 6.07) is 9.57. The highest BCUT2D eigenvalue weighted by Crippen LogP contribution is 2.22. The van der Waals surface area contributed by atoms with Gasteiger partial charge >= 0.3 is 0 Å². The molecule has 0 aromatic heterocycles. The Morgan fingerprint density at radius 1 is 1.45 bits per heavy atom. The summed E-state index contributed by atoms with van der Waals surface area (Å²) in [5, 5.41) is 0. The number of carbonyl (C=O) groups excluding carboxylic acids is 1. The van der Waals surface area contributed by atoms with Gasteiger partial charge in [-0.3, -0.25) is 4.79 Å². The lowest BCUT2D eigenvalue weighted by Gasteiger charge is -2.32. The summed E-state index contributed by atoms with van der Waals surface area (Å²) in [6.45, 7) is 6.74. The van der Waals surface area contributed by atoms with Gasteiger partial charge in [0.2, 0.25) is 5.91 Å². The van der Waals surface area contributed by atoms with E-state index in [4.69, 9.17) is 10.5 Å². The maximum absolute atomic E-state index is 12.7. The van der Waals surface area contributed by atoms with E-state index in [9.17, 15) is 4.79 Å². The van der Waals surface area contributed by atoms with Crippen molar-refractivity contribution in [2.24, 2.45) is 11.7 Å². The average molecular weight is 276 g/mol. The number of hydrogen-bond acceptors (Lipinski definition) is 3. The monoisotopic (exact) mass is 276 g/mol. The van der Waals surface area contributed by atoms with Gasteiger partial charge < -0.3 is 15.4 Å². The Labute approximate surface area is 120 Å². The summed E-state index contributed by atoms with van der Waals surface area (Å²) in [5.74, 6) is 0.420. The van der Waals surface area contributed by atoms with Crippen molar-refractivity contribution in [2.45, 2.75) is 25.8 Å². The zero-order valence-corrected chi connectivity index (χ0v) is 12.3. The summed E-state index contributed by atoms with van der Waals surface area (Å²) in [4.78, 5) is 14.6. The molecule has 1 fully saturated rings. The van der Waals surface area contributed by atoms with Crippen molar-refractivity contribution < 1.29 is 9.53 Å². The molecule has 1 aromatic carbocycles. The zero-order chi connectivity index (χ0) is 14.6. The molecule has 0 saturated carbocycles. The third kappa shape index (κ3) is 3.19. The van der Waals surface area contributed by atoms with Crippen molar-refractivity contribution in [1.82, 2.24) is 4.90 Å². The van der Waals surface area contributed by atoms with E-state index in [-0.39, 0.29) is 5.91 Å². The number of rotatable bonds is 5. The van der Waals surface area contributed by atoms with Gasteiger partial charge in [0.1, 0.15) is 5.54 Å². The van der Waals surface area contributed by atoms with E-state index >= 15 is 0 Å². The lowest BCUT2D eigenvalue weighted by Crippen LogP contribution is -2.52. The van der Waals surface area contributed by atoms with Crippen LogP contribution in [0.25, 0.3) is 0 Å². The Balaban J connectivity index is 2.10. The van der Waals surface area contributed by atoms with Gasteiger partial charge in [-0.2, -0.15) is 0 Å². The number of amides is 1. The minimum absolute atomic E-state index is 0.0156. The molecule has 0 radical (unpaired) electrons. The maximum Gasteiger partial charge on any atom is 0.246 e. The van der Waals surface area contributed by atoms with Crippen LogP contribution >= 0.6 is 0 Å².